The van der Waals surface area contributed by atoms with Crippen molar-refractivity contribution >= 4 is 5.95 Å². The van der Waals surface area contributed by atoms with Crippen molar-refractivity contribution in [3.8, 4) is 11.3 Å². The number of aromatic amines is 1. The van der Waals surface area contributed by atoms with E-state index in [0.29, 0.717) is 5.95 Å². The van der Waals surface area contributed by atoms with Crippen LogP contribution in [-0.4, -0.2) is 9.97 Å². The molecule has 3 nitrogen and oxygen atoms in total. The van der Waals surface area contributed by atoms with Gasteiger partial charge < -0.3 is 10.7 Å². The zero-order valence-corrected chi connectivity index (χ0v) is 9.04. The first-order chi connectivity index (χ1) is 7.22. The topological polar surface area (TPSA) is 54.7 Å². The summed E-state index contributed by atoms with van der Waals surface area (Å²) in [5.74, 6) is 0.491. The number of nitrogens with two attached hydrogens (primary N) is 1. The quantitative estimate of drug-likeness (QED) is 0.784. The van der Waals surface area contributed by atoms with Gasteiger partial charge in [-0.25, -0.2) is 4.98 Å². The number of aryl methyl sites for hydroxylation is 2. The summed E-state index contributed by atoms with van der Waals surface area (Å²) < 4.78 is 0. The van der Waals surface area contributed by atoms with Crippen molar-refractivity contribution in [2.75, 3.05) is 5.73 Å². The Morgan fingerprint density at radius 2 is 2.07 bits per heavy atom. The highest BCUT2D eigenvalue weighted by Gasteiger charge is 2.10. The molecule has 2 aromatic rings. The number of H-pyrrole nitrogens is 1. The zero-order chi connectivity index (χ0) is 10.8. The van der Waals surface area contributed by atoms with Crippen molar-refractivity contribution in [3.63, 3.8) is 0 Å². The number of nitrogens with zero attached hydrogens (tertiary/aromatic N) is 1. The van der Waals surface area contributed by atoms with Crippen LogP contribution in [0.25, 0.3) is 11.3 Å². The lowest BCUT2D eigenvalue weighted by atomic mass is 10.0. The first-order valence-electron chi connectivity index (χ1n) is 5.12. The third-order valence-corrected chi connectivity index (χ3v) is 2.55. The second kappa shape index (κ2) is 3.77. The fraction of sp³-hybridized carbons (Fsp3) is 0.250. The Labute approximate surface area is 89.4 Å². The standard InChI is InChI=1S/C12H15N3/c1-3-10-11(15-12(13)14-10)9-7-5-4-6-8(9)2/h4-7H,3H2,1-2H3,(H3,13,14,15). The van der Waals surface area contributed by atoms with Gasteiger partial charge in [-0.1, -0.05) is 31.2 Å². The molecule has 0 spiro atoms. The largest absolute Gasteiger partial charge is 0.369 e. The normalized spacial score (nSPS) is 10.5. The molecule has 78 valence electrons. The van der Waals surface area contributed by atoms with Gasteiger partial charge in [0, 0.05) is 11.3 Å². The number of nitrogen functional groups attached to an aromatic ring is 1. The van der Waals surface area contributed by atoms with E-state index in [2.05, 4.69) is 35.9 Å². The molecule has 0 radical (unpaired) electrons. The smallest absolute Gasteiger partial charge is 0.198 e. The van der Waals surface area contributed by atoms with Crippen molar-refractivity contribution in [1.29, 1.82) is 0 Å². The molecule has 2 rings (SSSR count). The average Bonchev–Trinajstić information content (AvgIpc) is 2.60. The molecule has 1 aromatic heterocycles. The lowest BCUT2D eigenvalue weighted by Gasteiger charge is -2.03. The van der Waals surface area contributed by atoms with Crippen LogP contribution in [0.3, 0.4) is 0 Å². The van der Waals surface area contributed by atoms with E-state index in [0.717, 1.165) is 23.4 Å². The highest BCUT2D eigenvalue weighted by Crippen LogP contribution is 2.25. The minimum atomic E-state index is 0.491. The van der Waals surface area contributed by atoms with Crippen LogP contribution in [0.4, 0.5) is 5.95 Å². The van der Waals surface area contributed by atoms with E-state index in [4.69, 9.17) is 5.73 Å². The maximum absolute atomic E-state index is 5.68. The molecule has 3 N–H and O–H groups in total. The summed E-state index contributed by atoms with van der Waals surface area (Å²) in [6, 6.07) is 8.21. The van der Waals surface area contributed by atoms with Gasteiger partial charge in [-0.3, -0.25) is 0 Å². The van der Waals surface area contributed by atoms with Crippen LogP contribution < -0.4 is 5.73 Å². The fourth-order valence-electron chi connectivity index (χ4n) is 1.75. The summed E-state index contributed by atoms with van der Waals surface area (Å²) in [7, 11) is 0. The van der Waals surface area contributed by atoms with Crippen molar-refractivity contribution in [1.82, 2.24) is 9.97 Å². The summed E-state index contributed by atoms with van der Waals surface area (Å²) >= 11 is 0. The molecule has 0 atom stereocenters. The number of anilines is 1. The average molecular weight is 201 g/mol. The van der Waals surface area contributed by atoms with Gasteiger partial charge >= 0.3 is 0 Å². The number of rotatable bonds is 2. The SMILES string of the molecule is CCc1[nH]c(N)nc1-c1ccccc1C. The summed E-state index contributed by atoms with van der Waals surface area (Å²) in [5.41, 5.74) is 10.1. The lowest BCUT2D eigenvalue weighted by molar-refractivity contribution is 1.07. The molecule has 0 aliphatic carbocycles. The third kappa shape index (κ3) is 1.73. The molecule has 1 heterocycles. The lowest BCUT2D eigenvalue weighted by Crippen LogP contribution is -1.88. The Morgan fingerprint density at radius 3 is 2.73 bits per heavy atom. The predicted octanol–water partition coefficient (Wildman–Crippen LogP) is 2.53. The molecule has 0 bridgehead atoms. The third-order valence-electron chi connectivity index (χ3n) is 2.55. The molecule has 15 heavy (non-hydrogen) atoms. The van der Waals surface area contributed by atoms with Gasteiger partial charge in [0.2, 0.25) is 0 Å². The monoisotopic (exact) mass is 201 g/mol. The predicted molar refractivity (Wildman–Crippen MR) is 62.6 cm³/mol. The van der Waals surface area contributed by atoms with E-state index in [1.54, 1.807) is 0 Å². The number of hydrogen-bond acceptors (Lipinski definition) is 2. The highest BCUT2D eigenvalue weighted by atomic mass is 15.0. The second-order valence-electron chi connectivity index (χ2n) is 3.62. The number of hydrogen-bond donors (Lipinski definition) is 2. The Morgan fingerprint density at radius 1 is 1.33 bits per heavy atom. The van der Waals surface area contributed by atoms with E-state index in [9.17, 15) is 0 Å². The maximum Gasteiger partial charge on any atom is 0.198 e. The van der Waals surface area contributed by atoms with Crippen LogP contribution in [0.1, 0.15) is 18.2 Å². The molecule has 1 aromatic carbocycles. The molecule has 0 saturated heterocycles. The summed E-state index contributed by atoms with van der Waals surface area (Å²) in [6.07, 6.45) is 0.911. The molecular weight excluding hydrogens is 186 g/mol. The Balaban J connectivity index is 2.58. The minimum Gasteiger partial charge on any atom is -0.369 e. The van der Waals surface area contributed by atoms with Crippen LogP contribution in [0.15, 0.2) is 24.3 Å². The summed E-state index contributed by atoms with van der Waals surface area (Å²) in [6.45, 7) is 4.17. The van der Waals surface area contributed by atoms with Crippen molar-refractivity contribution < 1.29 is 0 Å². The van der Waals surface area contributed by atoms with E-state index in [1.807, 2.05) is 12.1 Å². The Kier molecular flexibility index (Phi) is 2.46. The van der Waals surface area contributed by atoms with Gasteiger partial charge in [-0.15, -0.1) is 0 Å². The molecule has 0 aliphatic heterocycles. The van der Waals surface area contributed by atoms with Gasteiger partial charge in [0.05, 0.1) is 5.69 Å². The van der Waals surface area contributed by atoms with E-state index < -0.39 is 0 Å². The molecule has 0 unspecified atom stereocenters. The van der Waals surface area contributed by atoms with Crippen LogP contribution in [0.5, 0.6) is 0 Å². The van der Waals surface area contributed by atoms with Crippen LogP contribution >= 0.6 is 0 Å². The summed E-state index contributed by atoms with van der Waals surface area (Å²) in [4.78, 5) is 7.42. The minimum absolute atomic E-state index is 0.491. The summed E-state index contributed by atoms with van der Waals surface area (Å²) in [5, 5.41) is 0. The van der Waals surface area contributed by atoms with Crippen molar-refractivity contribution in [2.24, 2.45) is 0 Å². The molecule has 0 amide bonds. The first kappa shape index (κ1) is 9.77. The Bertz CT molecular complexity index is 471. The molecule has 0 aliphatic rings. The highest BCUT2D eigenvalue weighted by molar-refractivity contribution is 5.67. The van der Waals surface area contributed by atoms with Crippen LogP contribution in [-0.2, 0) is 6.42 Å². The van der Waals surface area contributed by atoms with Crippen LogP contribution in [0.2, 0.25) is 0 Å². The van der Waals surface area contributed by atoms with Gasteiger partial charge in [-0.2, -0.15) is 0 Å². The molecular formula is C12H15N3. The number of aromatic nitrogens is 2. The Hall–Kier alpha value is -1.77. The van der Waals surface area contributed by atoms with Crippen molar-refractivity contribution in [3.05, 3.63) is 35.5 Å². The van der Waals surface area contributed by atoms with Gasteiger partial charge in [0.25, 0.3) is 0 Å². The maximum atomic E-state index is 5.68. The van der Waals surface area contributed by atoms with E-state index in [-0.39, 0.29) is 0 Å². The van der Waals surface area contributed by atoms with E-state index in [1.165, 1.54) is 5.56 Å². The van der Waals surface area contributed by atoms with E-state index >= 15 is 0 Å². The second-order valence-corrected chi connectivity index (χ2v) is 3.62. The van der Waals surface area contributed by atoms with Gasteiger partial charge in [0.1, 0.15) is 0 Å². The van der Waals surface area contributed by atoms with Crippen LogP contribution in [0, 0.1) is 6.92 Å². The zero-order valence-electron chi connectivity index (χ0n) is 9.04. The molecule has 3 heteroatoms. The van der Waals surface area contributed by atoms with Crippen molar-refractivity contribution in [2.45, 2.75) is 20.3 Å². The molecule has 0 saturated carbocycles. The number of nitrogens with one attached hydrogen (secondary N) is 1. The van der Waals surface area contributed by atoms with Gasteiger partial charge in [0.15, 0.2) is 5.95 Å². The first-order valence-corrected chi connectivity index (χ1v) is 5.12. The fourth-order valence-corrected chi connectivity index (χ4v) is 1.75. The number of benzene rings is 1. The number of imidazole rings is 1. The molecule has 0 fully saturated rings. The van der Waals surface area contributed by atoms with Gasteiger partial charge in [-0.05, 0) is 18.9 Å².